The van der Waals surface area contributed by atoms with E-state index in [-0.39, 0.29) is 6.04 Å². The molecule has 0 aliphatic carbocycles. The fourth-order valence-corrected chi connectivity index (χ4v) is 4.75. The Morgan fingerprint density at radius 3 is 1.61 bits per heavy atom. The normalized spacial score (nSPS) is 11.8. The molecule has 6 aromatic carbocycles. The molecule has 6 aromatic rings. The van der Waals surface area contributed by atoms with Crippen molar-refractivity contribution in [1.29, 1.82) is 0 Å². The molecule has 0 aliphatic rings. The van der Waals surface area contributed by atoms with E-state index in [0.717, 1.165) is 5.56 Å². The molecule has 0 N–H and O–H groups in total. The molecule has 0 aromatic heterocycles. The largest absolute Gasteiger partial charge is 0.280 e. The van der Waals surface area contributed by atoms with E-state index >= 15 is 0 Å². The first-order valence-corrected chi connectivity index (χ1v) is 11.3. The van der Waals surface area contributed by atoms with E-state index in [1.54, 1.807) is 0 Å². The number of hydrogen-bond acceptors (Lipinski definition) is 1. The minimum absolute atomic E-state index is 0.103. The molecule has 0 saturated carbocycles. The first-order valence-electron chi connectivity index (χ1n) is 11.3. The van der Waals surface area contributed by atoms with Gasteiger partial charge in [-0.2, -0.15) is 0 Å². The average Bonchev–Trinajstić information content (AvgIpc) is 2.89. The standard InChI is InChI=1S/C32H23N/c1-2-12-27-21-23(19-20-24(27)9-1)22-33-32(30-17-7-13-25-10-3-5-15-28(25)30)31-18-8-14-26-11-4-6-16-29(26)31/h1-22,32H. The molecule has 0 unspecified atom stereocenters. The number of hydrogen-bond donors (Lipinski definition) is 0. The van der Waals surface area contributed by atoms with Crippen molar-refractivity contribution in [1.82, 2.24) is 0 Å². The molecule has 0 saturated heterocycles. The molecule has 0 atom stereocenters. The number of nitrogens with zero attached hydrogens (tertiary/aromatic N) is 1. The highest BCUT2D eigenvalue weighted by molar-refractivity contribution is 5.93. The molecule has 1 heteroatoms. The monoisotopic (exact) mass is 421 g/mol. The van der Waals surface area contributed by atoms with E-state index in [4.69, 9.17) is 4.99 Å². The lowest BCUT2D eigenvalue weighted by Gasteiger charge is -2.18. The van der Waals surface area contributed by atoms with Gasteiger partial charge in [0.2, 0.25) is 0 Å². The fraction of sp³-hybridized carbons (Fsp3) is 0.0312. The number of aliphatic imine (C=N–C) groups is 1. The predicted molar refractivity (Wildman–Crippen MR) is 141 cm³/mol. The van der Waals surface area contributed by atoms with Gasteiger partial charge >= 0.3 is 0 Å². The third kappa shape index (κ3) is 3.68. The Hall–Kier alpha value is -4.23. The van der Waals surface area contributed by atoms with Gasteiger partial charge in [-0.25, -0.2) is 0 Å². The smallest absolute Gasteiger partial charge is 0.101 e. The molecule has 1 nitrogen and oxygen atoms in total. The van der Waals surface area contributed by atoms with Gasteiger partial charge in [-0.15, -0.1) is 0 Å². The zero-order valence-corrected chi connectivity index (χ0v) is 18.2. The van der Waals surface area contributed by atoms with Gasteiger partial charge in [-0.3, -0.25) is 4.99 Å². The van der Waals surface area contributed by atoms with Crippen LogP contribution in [0.25, 0.3) is 32.3 Å². The predicted octanol–water partition coefficient (Wildman–Crippen LogP) is 8.35. The summed E-state index contributed by atoms with van der Waals surface area (Å²) < 4.78 is 0. The molecular weight excluding hydrogens is 398 g/mol. The molecular formula is C32H23N. The third-order valence-corrected chi connectivity index (χ3v) is 6.38. The van der Waals surface area contributed by atoms with Crippen molar-refractivity contribution in [3.05, 3.63) is 144 Å². The maximum absolute atomic E-state index is 5.22. The first kappa shape index (κ1) is 19.5. The van der Waals surface area contributed by atoms with E-state index in [0.29, 0.717) is 0 Å². The minimum atomic E-state index is -0.103. The van der Waals surface area contributed by atoms with E-state index in [9.17, 15) is 0 Å². The molecule has 6 rings (SSSR count). The topological polar surface area (TPSA) is 12.4 Å². The molecule has 0 heterocycles. The second kappa shape index (κ2) is 8.37. The molecule has 33 heavy (non-hydrogen) atoms. The molecule has 156 valence electrons. The third-order valence-electron chi connectivity index (χ3n) is 6.38. The van der Waals surface area contributed by atoms with Crippen molar-refractivity contribution < 1.29 is 0 Å². The highest BCUT2D eigenvalue weighted by Crippen LogP contribution is 2.35. The Kier molecular flexibility index (Phi) is 4.93. The van der Waals surface area contributed by atoms with Gasteiger partial charge in [0.15, 0.2) is 0 Å². The van der Waals surface area contributed by atoms with Crippen molar-refractivity contribution in [2.75, 3.05) is 0 Å². The van der Waals surface area contributed by atoms with Crippen LogP contribution in [0.3, 0.4) is 0 Å². The van der Waals surface area contributed by atoms with Crippen molar-refractivity contribution in [3.8, 4) is 0 Å². The number of fused-ring (bicyclic) bond motifs is 3. The van der Waals surface area contributed by atoms with Crippen LogP contribution < -0.4 is 0 Å². The second-order valence-electron chi connectivity index (χ2n) is 8.42. The lowest BCUT2D eigenvalue weighted by molar-refractivity contribution is 0.897. The Morgan fingerprint density at radius 1 is 0.455 bits per heavy atom. The van der Waals surface area contributed by atoms with Gasteiger partial charge in [0.25, 0.3) is 0 Å². The van der Waals surface area contributed by atoms with Crippen LogP contribution in [0.4, 0.5) is 0 Å². The summed E-state index contributed by atoms with van der Waals surface area (Å²) >= 11 is 0. The van der Waals surface area contributed by atoms with E-state index < -0.39 is 0 Å². The van der Waals surface area contributed by atoms with E-state index in [2.05, 4.69) is 127 Å². The highest BCUT2D eigenvalue weighted by atomic mass is 14.8. The summed E-state index contributed by atoms with van der Waals surface area (Å²) in [6.07, 6.45) is 2.03. The maximum Gasteiger partial charge on any atom is 0.101 e. The summed E-state index contributed by atoms with van der Waals surface area (Å²) in [5.74, 6) is 0. The Balaban J connectivity index is 1.54. The molecule has 0 amide bonds. The van der Waals surface area contributed by atoms with Crippen LogP contribution in [-0.2, 0) is 0 Å². The SMILES string of the molecule is C(=NC(c1cccc2ccccc12)c1cccc2ccccc12)c1ccc2ccccc2c1. The molecule has 0 bridgehead atoms. The quantitative estimate of drug-likeness (QED) is 0.254. The second-order valence-corrected chi connectivity index (χ2v) is 8.42. The zero-order chi connectivity index (χ0) is 22.0. The van der Waals surface area contributed by atoms with Gasteiger partial charge in [0.1, 0.15) is 6.04 Å². The van der Waals surface area contributed by atoms with Crippen molar-refractivity contribution >= 4 is 38.5 Å². The molecule has 0 radical (unpaired) electrons. The van der Waals surface area contributed by atoms with Crippen LogP contribution in [0.15, 0.2) is 132 Å². The van der Waals surface area contributed by atoms with Crippen molar-refractivity contribution in [2.24, 2.45) is 4.99 Å². The Bertz CT molecular complexity index is 1540. The zero-order valence-electron chi connectivity index (χ0n) is 18.2. The first-order chi connectivity index (χ1) is 16.4. The molecule has 0 aliphatic heterocycles. The van der Waals surface area contributed by atoms with Crippen LogP contribution in [0.5, 0.6) is 0 Å². The van der Waals surface area contributed by atoms with Crippen LogP contribution in [0.2, 0.25) is 0 Å². The van der Waals surface area contributed by atoms with Gasteiger partial charge in [0, 0.05) is 6.21 Å². The number of rotatable bonds is 4. The van der Waals surface area contributed by atoms with Crippen molar-refractivity contribution in [3.63, 3.8) is 0 Å². The van der Waals surface area contributed by atoms with E-state index in [1.807, 2.05) is 6.21 Å². The lowest BCUT2D eigenvalue weighted by atomic mass is 9.91. The maximum atomic E-state index is 5.22. The minimum Gasteiger partial charge on any atom is -0.280 e. The summed E-state index contributed by atoms with van der Waals surface area (Å²) in [6, 6.07) is 45.1. The van der Waals surface area contributed by atoms with Gasteiger partial charge < -0.3 is 0 Å². The summed E-state index contributed by atoms with van der Waals surface area (Å²) in [7, 11) is 0. The Labute approximate surface area is 193 Å². The summed E-state index contributed by atoms with van der Waals surface area (Å²) in [6.45, 7) is 0. The fourth-order valence-electron chi connectivity index (χ4n) is 4.75. The van der Waals surface area contributed by atoms with Crippen LogP contribution in [0, 0.1) is 0 Å². The van der Waals surface area contributed by atoms with Gasteiger partial charge in [0.05, 0.1) is 0 Å². The summed E-state index contributed by atoms with van der Waals surface area (Å²) in [4.78, 5) is 5.22. The van der Waals surface area contributed by atoms with Crippen LogP contribution >= 0.6 is 0 Å². The highest BCUT2D eigenvalue weighted by Gasteiger charge is 2.17. The lowest BCUT2D eigenvalue weighted by Crippen LogP contribution is -2.01. The van der Waals surface area contributed by atoms with Crippen LogP contribution in [-0.4, -0.2) is 6.21 Å². The molecule has 0 fully saturated rings. The van der Waals surface area contributed by atoms with E-state index in [1.165, 1.54) is 43.4 Å². The van der Waals surface area contributed by atoms with Crippen LogP contribution in [0.1, 0.15) is 22.7 Å². The Morgan fingerprint density at radius 2 is 0.970 bits per heavy atom. The average molecular weight is 422 g/mol. The van der Waals surface area contributed by atoms with Gasteiger partial charge in [-0.1, -0.05) is 121 Å². The van der Waals surface area contributed by atoms with Crippen molar-refractivity contribution in [2.45, 2.75) is 6.04 Å². The molecule has 0 spiro atoms. The summed E-state index contributed by atoms with van der Waals surface area (Å²) in [5.41, 5.74) is 3.56. The summed E-state index contributed by atoms with van der Waals surface area (Å²) in [5, 5.41) is 7.44. The van der Waals surface area contributed by atoms with Gasteiger partial charge in [-0.05, 0) is 55.1 Å². The number of benzene rings is 6.